The molecule has 6 nitrogen and oxygen atoms in total. The predicted molar refractivity (Wildman–Crippen MR) is 64.0 cm³/mol. The van der Waals surface area contributed by atoms with Crippen LogP contribution in [0.4, 0.5) is 0 Å². The summed E-state index contributed by atoms with van der Waals surface area (Å²) in [5.74, 6) is 0.312. The van der Waals surface area contributed by atoms with Gasteiger partial charge in [0, 0.05) is 19.1 Å². The summed E-state index contributed by atoms with van der Waals surface area (Å²) in [7, 11) is -1.48. The molecule has 0 aliphatic carbocycles. The zero-order valence-corrected chi connectivity index (χ0v) is 10.9. The third-order valence-corrected chi connectivity index (χ3v) is 5.13. The van der Waals surface area contributed by atoms with Crippen LogP contribution >= 0.6 is 0 Å². The monoisotopic (exact) mass is 258 g/mol. The molecule has 96 valence electrons. The second-order valence-corrected chi connectivity index (χ2v) is 6.35. The fraction of sp³-hybridized carbons (Fsp3) is 0.700. The molecule has 1 aromatic heterocycles. The van der Waals surface area contributed by atoms with Crippen LogP contribution in [-0.2, 0) is 10.0 Å². The van der Waals surface area contributed by atoms with Gasteiger partial charge in [-0.15, -0.1) is 0 Å². The van der Waals surface area contributed by atoms with Gasteiger partial charge in [-0.2, -0.15) is 9.40 Å². The van der Waals surface area contributed by atoms with E-state index in [1.165, 1.54) is 16.6 Å². The van der Waals surface area contributed by atoms with E-state index in [-0.39, 0.29) is 5.03 Å². The highest BCUT2D eigenvalue weighted by Gasteiger charge is 2.33. The van der Waals surface area contributed by atoms with Crippen LogP contribution in [0.1, 0.15) is 13.3 Å². The first-order valence-corrected chi connectivity index (χ1v) is 7.16. The fourth-order valence-corrected chi connectivity index (χ4v) is 3.74. The molecular weight excluding hydrogens is 240 g/mol. The molecule has 0 radical (unpaired) electrons. The second-order valence-electron chi connectivity index (χ2n) is 4.45. The molecule has 1 aliphatic heterocycles. The third kappa shape index (κ3) is 2.36. The normalized spacial score (nSPS) is 27.2. The van der Waals surface area contributed by atoms with Crippen molar-refractivity contribution in [1.29, 1.82) is 0 Å². The number of rotatable bonds is 3. The Hall–Kier alpha value is -0.920. The Kier molecular flexibility index (Phi) is 3.50. The summed E-state index contributed by atoms with van der Waals surface area (Å²) in [4.78, 5) is 0. The van der Waals surface area contributed by atoms with Gasteiger partial charge in [0.25, 0.3) is 10.0 Å². The molecule has 0 spiro atoms. The Bertz CT molecular complexity index is 457. The minimum atomic E-state index is -3.40. The standard InChI is InChI=1S/C10H18N4O2S/c1-8-7-14(6-4-9(8)11-2)17(15,16)10-3-5-12-13-10/h3,5,8-9,11H,4,6-7H2,1-2H3,(H,12,13). The van der Waals surface area contributed by atoms with E-state index in [1.807, 2.05) is 7.05 Å². The largest absolute Gasteiger partial charge is 0.317 e. The van der Waals surface area contributed by atoms with Gasteiger partial charge in [-0.05, 0) is 25.5 Å². The van der Waals surface area contributed by atoms with Gasteiger partial charge < -0.3 is 5.32 Å². The summed E-state index contributed by atoms with van der Waals surface area (Å²) in [6, 6.07) is 1.88. The van der Waals surface area contributed by atoms with E-state index in [9.17, 15) is 8.42 Å². The van der Waals surface area contributed by atoms with Crippen molar-refractivity contribution in [3.05, 3.63) is 12.3 Å². The van der Waals surface area contributed by atoms with Crippen molar-refractivity contribution in [3.63, 3.8) is 0 Å². The van der Waals surface area contributed by atoms with Crippen molar-refractivity contribution >= 4 is 10.0 Å². The number of aromatic amines is 1. The molecule has 2 unspecified atom stereocenters. The van der Waals surface area contributed by atoms with Crippen LogP contribution in [0.2, 0.25) is 0 Å². The number of hydrogen-bond acceptors (Lipinski definition) is 4. The lowest BCUT2D eigenvalue weighted by molar-refractivity contribution is 0.227. The zero-order valence-electron chi connectivity index (χ0n) is 10.0. The average Bonchev–Trinajstić information content (AvgIpc) is 2.83. The van der Waals surface area contributed by atoms with Gasteiger partial charge in [-0.25, -0.2) is 8.42 Å². The molecule has 17 heavy (non-hydrogen) atoms. The molecule has 0 amide bonds. The number of hydrogen-bond donors (Lipinski definition) is 2. The smallest absolute Gasteiger partial charge is 0.259 e. The van der Waals surface area contributed by atoms with Crippen molar-refractivity contribution in [2.24, 2.45) is 5.92 Å². The lowest BCUT2D eigenvalue weighted by atomic mass is 9.96. The highest BCUT2D eigenvalue weighted by atomic mass is 32.2. The highest BCUT2D eigenvalue weighted by molar-refractivity contribution is 7.89. The molecule has 2 atom stereocenters. The van der Waals surface area contributed by atoms with E-state index >= 15 is 0 Å². The molecule has 2 heterocycles. The first-order chi connectivity index (χ1) is 8.05. The van der Waals surface area contributed by atoms with E-state index in [4.69, 9.17) is 0 Å². The minimum absolute atomic E-state index is 0.174. The van der Waals surface area contributed by atoms with Crippen molar-refractivity contribution in [2.75, 3.05) is 20.1 Å². The maximum atomic E-state index is 12.2. The number of sulfonamides is 1. The number of H-pyrrole nitrogens is 1. The van der Waals surface area contributed by atoms with Crippen LogP contribution in [0.25, 0.3) is 0 Å². The van der Waals surface area contributed by atoms with Gasteiger partial charge in [0.2, 0.25) is 0 Å². The third-order valence-electron chi connectivity index (χ3n) is 3.33. The van der Waals surface area contributed by atoms with Crippen LogP contribution in [0.15, 0.2) is 17.3 Å². The average molecular weight is 258 g/mol. The van der Waals surface area contributed by atoms with Gasteiger partial charge >= 0.3 is 0 Å². The predicted octanol–water partition coefficient (Wildman–Crippen LogP) is 0.0282. The molecule has 1 aromatic rings. The van der Waals surface area contributed by atoms with Crippen molar-refractivity contribution in [1.82, 2.24) is 19.8 Å². The first kappa shape index (κ1) is 12.5. The molecular formula is C10H18N4O2S. The Labute approximate surface area is 101 Å². The van der Waals surface area contributed by atoms with Gasteiger partial charge in [0.1, 0.15) is 0 Å². The van der Waals surface area contributed by atoms with Gasteiger partial charge in [0.05, 0.1) is 6.20 Å². The van der Waals surface area contributed by atoms with Crippen molar-refractivity contribution in [2.45, 2.75) is 24.4 Å². The Morgan fingerprint density at radius 3 is 2.88 bits per heavy atom. The molecule has 7 heteroatoms. The number of nitrogens with zero attached hydrogens (tertiary/aromatic N) is 2. The second kappa shape index (κ2) is 4.75. The summed E-state index contributed by atoms with van der Waals surface area (Å²) in [5.41, 5.74) is 0. The molecule has 0 bridgehead atoms. The molecule has 0 saturated carbocycles. The number of aromatic nitrogens is 2. The van der Waals surface area contributed by atoms with Crippen LogP contribution in [-0.4, -0.2) is 49.1 Å². The van der Waals surface area contributed by atoms with E-state index in [1.54, 1.807) is 0 Å². The Morgan fingerprint density at radius 1 is 1.59 bits per heavy atom. The Morgan fingerprint density at radius 2 is 2.35 bits per heavy atom. The van der Waals surface area contributed by atoms with Gasteiger partial charge in [-0.3, -0.25) is 5.10 Å². The molecule has 1 aliphatic rings. The number of nitrogens with one attached hydrogen (secondary N) is 2. The lowest BCUT2D eigenvalue weighted by Gasteiger charge is -2.35. The maximum Gasteiger partial charge on any atom is 0.259 e. The topological polar surface area (TPSA) is 78.1 Å². The van der Waals surface area contributed by atoms with E-state index < -0.39 is 10.0 Å². The molecule has 1 fully saturated rings. The highest BCUT2D eigenvalue weighted by Crippen LogP contribution is 2.22. The summed E-state index contributed by atoms with van der Waals surface area (Å²) in [5, 5.41) is 9.60. The fourth-order valence-electron chi connectivity index (χ4n) is 2.28. The summed E-state index contributed by atoms with van der Waals surface area (Å²) in [6.07, 6.45) is 2.29. The SMILES string of the molecule is CNC1CCN(S(=O)(=O)c2ccn[nH]2)CC1C. The van der Waals surface area contributed by atoms with Crippen LogP contribution in [0.5, 0.6) is 0 Å². The summed E-state index contributed by atoms with van der Waals surface area (Å²) < 4.78 is 26.0. The molecule has 2 rings (SSSR count). The van der Waals surface area contributed by atoms with E-state index in [0.717, 1.165) is 6.42 Å². The minimum Gasteiger partial charge on any atom is -0.317 e. The molecule has 1 saturated heterocycles. The van der Waals surface area contributed by atoms with E-state index in [0.29, 0.717) is 25.0 Å². The first-order valence-electron chi connectivity index (χ1n) is 5.72. The van der Waals surface area contributed by atoms with Crippen LogP contribution in [0.3, 0.4) is 0 Å². The van der Waals surface area contributed by atoms with E-state index in [2.05, 4.69) is 22.4 Å². The molecule has 2 N–H and O–H groups in total. The summed E-state index contributed by atoms with van der Waals surface area (Å²) >= 11 is 0. The number of piperidine rings is 1. The lowest BCUT2D eigenvalue weighted by Crippen LogP contribution is -2.49. The summed E-state index contributed by atoms with van der Waals surface area (Å²) in [6.45, 7) is 3.17. The maximum absolute atomic E-state index is 12.2. The van der Waals surface area contributed by atoms with Crippen molar-refractivity contribution in [3.8, 4) is 0 Å². The van der Waals surface area contributed by atoms with Crippen molar-refractivity contribution < 1.29 is 8.42 Å². The molecule has 0 aromatic carbocycles. The van der Waals surface area contributed by atoms with Crippen LogP contribution in [0, 0.1) is 5.92 Å². The van der Waals surface area contributed by atoms with Crippen LogP contribution < -0.4 is 5.32 Å². The zero-order chi connectivity index (χ0) is 12.5. The Balaban J connectivity index is 2.15. The van der Waals surface area contributed by atoms with Gasteiger partial charge in [0.15, 0.2) is 5.03 Å². The quantitative estimate of drug-likeness (QED) is 0.801. The van der Waals surface area contributed by atoms with Gasteiger partial charge in [-0.1, -0.05) is 6.92 Å².